The normalized spacial score (nSPS) is 18.2. The van der Waals surface area contributed by atoms with Gasteiger partial charge >= 0.3 is 6.36 Å². The number of nitrogens with zero attached hydrogens (tertiary/aromatic N) is 1. The van der Waals surface area contributed by atoms with Gasteiger partial charge in [0, 0.05) is 38.6 Å². The molecule has 0 bridgehead atoms. The minimum atomic E-state index is -4.86. The van der Waals surface area contributed by atoms with E-state index in [0.29, 0.717) is 31.7 Å². The van der Waals surface area contributed by atoms with E-state index < -0.39 is 31.0 Å². The molecule has 0 aliphatic carbocycles. The van der Waals surface area contributed by atoms with Crippen LogP contribution in [-0.2, 0) is 0 Å². The van der Waals surface area contributed by atoms with E-state index in [4.69, 9.17) is 11.6 Å². The van der Waals surface area contributed by atoms with E-state index in [1.54, 1.807) is 0 Å². The molecule has 2 rings (SSSR count). The number of nitrogens with one attached hydrogen (secondary N) is 1. The van der Waals surface area contributed by atoms with Gasteiger partial charge in [-0.25, -0.2) is 8.78 Å². The Bertz CT molecular complexity index is 520. The van der Waals surface area contributed by atoms with Gasteiger partial charge in [-0.3, -0.25) is 4.90 Å². The topological polar surface area (TPSA) is 24.5 Å². The minimum Gasteiger partial charge on any atom is -0.404 e. The highest BCUT2D eigenvalue weighted by molar-refractivity contribution is 6.32. The Morgan fingerprint density at radius 3 is 2.39 bits per heavy atom. The van der Waals surface area contributed by atoms with Crippen LogP contribution in [0.15, 0.2) is 18.2 Å². The maximum Gasteiger partial charge on any atom is 0.573 e. The summed E-state index contributed by atoms with van der Waals surface area (Å²) in [5.41, 5.74) is 0.451. The van der Waals surface area contributed by atoms with Crippen molar-refractivity contribution in [3.05, 3.63) is 28.8 Å². The Morgan fingerprint density at radius 2 is 1.87 bits per heavy atom. The Hall–Kier alpha value is -1.12. The number of piperazine rings is 1. The molecule has 0 radical (unpaired) electrons. The van der Waals surface area contributed by atoms with Gasteiger partial charge in [-0.1, -0.05) is 17.7 Å². The fraction of sp³-hybridized carbons (Fsp3) is 0.571. The third-order valence-corrected chi connectivity index (χ3v) is 3.86. The molecule has 1 fully saturated rings. The molecule has 0 aromatic heterocycles. The molecule has 1 aromatic rings. The molecule has 1 atom stereocenters. The summed E-state index contributed by atoms with van der Waals surface area (Å²) in [5.74, 6) is -0.543. The molecule has 1 saturated heterocycles. The maximum atomic E-state index is 12.9. The molecule has 0 spiro atoms. The zero-order chi connectivity index (χ0) is 17.0. The molecule has 1 N–H and O–H groups in total. The molecule has 1 aromatic carbocycles. The summed E-state index contributed by atoms with van der Waals surface area (Å²) in [7, 11) is 0. The van der Waals surface area contributed by atoms with Crippen LogP contribution in [0.5, 0.6) is 5.75 Å². The van der Waals surface area contributed by atoms with Crippen LogP contribution in [0.3, 0.4) is 0 Å². The number of rotatable bonds is 5. The number of benzene rings is 1. The molecule has 3 nitrogen and oxygen atoms in total. The SMILES string of the molecule is FC(F)C[C@H](c1ccc(OC(F)(F)F)c(Cl)c1)N1CCNCC1. The fourth-order valence-electron chi connectivity index (χ4n) is 2.59. The van der Waals surface area contributed by atoms with Gasteiger partial charge < -0.3 is 10.1 Å². The molecule has 0 unspecified atom stereocenters. The second-order valence-corrected chi connectivity index (χ2v) is 5.57. The molecule has 9 heteroatoms. The van der Waals surface area contributed by atoms with E-state index in [9.17, 15) is 22.0 Å². The highest BCUT2D eigenvalue weighted by Crippen LogP contribution is 2.35. The van der Waals surface area contributed by atoms with Crippen molar-refractivity contribution in [3.8, 4) is 5.75 Å². The van der Waals surface area contributed by atoms with Crippen LogP contribution in [0.1, 0.15) is 18.0 Å². The highest BCUT2D eigenvalue weighted by Gasteiger charge is 2.32. The Morgan fingerprint density at radius 1 is 1.22 bits per heavy atom. The van der Waals surface area contributed by atoms with E-state index in [-0.39, 0.29) is 5.02 Å². The lowest BCUT2D eigenvalue weighted by atomic mass is 10.0. The van der Waals surface area contributed by atoms with Gasteiger partial charge in [0.05, 0.1) is 5.02 Å². The number of hydrogen-bond donors (Lipinski definition) is 1. The number of hydrogen-bond acceptors (Lipinski definition) is 3. The second kappa shape index (κ2) is 7.63. The number of halogens is 6. The fourth-order valence-corrected chi connectivity index (χ4v) is 2.82. The van der Waals surface area contributed by atoms with Gasteiger partial charge in [0.2, 0.25) is 6.43 Å². The molecule has 0 saturated carbocycles. The molecule has 0 amide bonds. The van der Waals surface area contributed by atoms with Crippen molar-refractivity contribution in [2.75, 3.05) is 26.2 Å². The predicted octanol–water partition coefficient (Wildman–Crippen LogP) is 3.84. The smallest absolute Gasteiger partial charge is 0.404 e. The second-order valence-electron chi connectivity index (χ2n) is 5.17. The lowest BCUT2D eigenvalue weighted by molar-refractivity contribution is -0.274. The molecular weight excluding hydrogens is 343 g/mol. The monoisotopic (exact) mass is 358 g/mol. The first-order valence-corrected chi connectivity index (χ1v) is 7.42. The summed E-state index contributed by atoms with van der Waals surface area (Å²) < 4.78 is 66.3. The Balaban J connectivity index is 2.22. The van der Waals surface area contributed by atoms with Crippen LogP contribution in [0, 0.1) is 0 Å². The first-order chi connectivity index (χ1) is 10.8. The molecule has 23 heavy (non-hydrogen) atoms. The minimum absolute atomic E-state index is 0.255. The molecular formula is C14H16ClF5N2O. The van der Waals surface area contributed by atoms with Crippen molar-refractivity contribution in [1.29, 1.82) is 0 Å². The Labute approximate surface area is 135 Å². The van der Waals surface area contributed by atoms with Gasteiger partial charge in [-0.15, -0.1) is 13.2 Å². The van der Waals surface area contributed by atoms with Crippen LogP contribution in [0.25, 0.3) is 0 Å². The van der Waals surface area contributed by atoms with Crippen molar-refractivity contribution in [3.63, 3.8) is 0 Å². The quantitative estimate of drug-likeness (QED) is 0.809. The van der Waals surface area contributed by atoms with Gasteiger partial charge in [0.25, 0.3) is 0 Å². The van der Waals surface area contributed by atoms with E-state index in [1.165, 1.54) is 12.1 Å². The summed E-state index contributed by atoms with van der Waals surface area (Å²) in [4.78, 5) is 1.87. The largest absolute Gasteiger partial charge is 0.573 e. The zero-order valence-electron chi connectivity index (χ0n) is 12.0. The first-order valence-electron chi connectivity index (χ1n) is 7.04. The van der Waals surface area contributed by atoms with E-state index >= 15 is 0 Å². The summed E-state index contributed by atoms with van der Waals surface area (Å²) in [6, 6.07) is 3.07. The molecule has 1 aliphatic heterocycles. The van der Waals surface area contributed by atoms with E-state index in [2.05, 4.69) is 10.1 Å². The Kier molecular flexibility index (Phi) is 6.05. The third kappa shape index (κ3) is 5.47. The number of ether oxygens (including phenoxy) is 1. The lowest BCUT2D eigenvalue weighted by Crippen LogP contribution is -2.45. The predicted molar refractivity (Wildman–Crippen MR) is 75.9 cm³/mol. The number of alkyl halides is 5. The van der Waals surface area contributed by atoms with Crippen molar-refractivity contribution in [2.24, 2.45) is 0 Å². The summed E-state index contributed by atoms with van der Waals surface area (Å²) >= 11 is 5.81. The average Bonchev–Trinajstić information content (AvgIpc) is 2.46. The maximum absolute atomic E-state index is 12.9. The lowest BCUT2D eigenvalue weighted by Gasteiger charge is -2.35. The van der Waals surface area contributed by atoms with Crippen LogP contribution < -0.4 is 10.1 Å². The van der Waals surface area contributed by atoms with Crippen LogP contribution in [0.2, 0.25) is 5.02 Å². The standard InChI is InChI=1S/C14H16ClF5N2O/c15-10-7-9(1-2-12(10)23-14(18,19)20)11(8-13(16)17)22-5-3-21-4-6-22/h1-2,7,11,13,21H,3-6,8H2/t11-/m1/s1. The summed E-state index contributed by atoms with van der Waals surface area (Å²) in [5, 5.41) is 2.87. The van der Waals surface area contributed by atoms with Crippen molar-refractivity contribution < 1.29 is 26.7 Å². The van der Waals surface area contributed by atoms with Gasteiger partial charge in [-0.2, -0.15) is 0 Å². The summed E-state index contributed by atoms with van der Waals surface area (Å²) in [6.45, 7) is 2.50. The van der Waals surface area contributed by atoms with Crippen molar-refractivity contribution in [1.82, 2.24) is 10.2 Å². The van der Waals surface area contributed by atoms with E-state index in [1.807, 2.05) is 4.90 Å². The zero-order valence-corrected chi connectivity index (χ0v) is 12.8. The third-order valence-electron chi connectivity index (χ3n) is 3.56. The van der Waals surface area contributed by atoms with Crippen LogP contribution >= 0.6 is 11.6 Å². The molecule has 1 aliphatic rings. The van der Waals surface area contributed by atoms with Gasteiger partial charge in [0.1, 0.15) is 5.75 Å². The van der Waals surface area contributed by atoms with Crippen LogP contribution in [0.4, 0.5) is 22.0 Å². The van der Waals surface area contributed by atoms with Crippen molar-refractivity contribution in [2.45, 2.75) is 25.3 Å². The first kappa shape index (κ1) is 18.2. The van der Waals surface area contributed by atoms with E-state index in [0.717, 1.165) is 6.07 Å². The average molecular weight is 359 g/mol. The highest BCUT2D eigenvalue weighted by atomic mass is 35.5. The summed E-state index contributed by atoms with van der Waals surface area (Å²) in [6.07, 6.45) is -7.79. The molecule has 130 valence electrons. The van der Waals surface area contributed by atoms with Crippen molar-refractivity contribution >= 4 is 11.6 Å². The molecule has 1 heterocycles. The van der Waals surface area contributed by atoms with Gasteiger partial charge in [0.15, 0.2) is 0 Å². The van der Waals surface area contributed by atoms with Gasteiger partial charge in [-0.05, 0) is 17.7 Å². The van der Waals surface area contributed by atoms with Crippen LogP contribution in [-0.4, -0.2) is 43.9 Å².